The van der Waals surface area contributed by atoms with E-state index in [1.807, 2.05) is 13.1 Å². The van der Waals surface area contributed by atoms with Crippen molar-refractivity contribution in [2.45, 2.75) is 25.4 Å². The number of methoxy groups -OCH3 is 2. The summed E-state index contributed by atoms with van der Waals surface area (Å²) in [6, 6.07) is 6.88. The van der Waals surface area contributed by atoms with Gasteiger partial charge in [0.05, 0.1) is 14.2 Å². The van der Waals surface area contributed by atoms with E-state index >= 15 is 0 Å². The molecule has 1 aromatic rings. The Balaban J connectivity index is 0.00000341. The summed E-state index contributed by atoms with van der Waals surface area (Å²) >= 11 is 0. The van der Waals surface area contributed by atoms with Crippen LogP contribution in [0.5, 0.6) is 11.5 Å². The quantitative estimate of drug-likeness (QED) is 0.307. The Morgan fingerprint density at radius 3 is 2.32 bits per heavy atom. The first kappa shape index (κ1) is 25.8. The Morgan fingerprint density at radius 2 is 1.74 bits per heavy atom. The molecular formula is C22H39IN6O2. The second-order valence-corrected chi connectivity index (χ2v) is 8.29. The molecule has 9 heteroatoms. The van der Waals surface area contributed by atoms with E-state index in [1.165, 1.54) is 0 Å². The largest absolute Gasteiger partial charge is 0.497 e. The number of hydrogen-bond donors (Lipinski definition) is 2. The number of piperazine rings is 1. The molecule has 3 rings (SSSR count). The molecule has 2 unspecified atom stereocenters. The van der Waals surface area contributed by atoms with Crippen LogP contribution in [0.25, 0.3) is 0 Å². The number of hydrogen-bond acceptors (Lipinski definition) is 6. The van der Waals surface area contributed by atoms with Crippen molar-refractivity contribution in [3.05, 3.63) is 18.2 Å². The second-order valence-electron chi connectivity index (χ2n) is 8.29. The Kier molecular flexibility index (Phi) is 10.4. The molecule has 2 saturated heterocycles. The molecule has 8 nitrogen and oxygen atoms in total. The molecular weight excluding hydrogens is 507 g/mol. The summed E-state index contributed by atoms with van der Waals surface area (Å²) in [6.07, 6.45) is 1.06. The van der Waals surface area contributed by atoms with E-state index in [-0.39, 0.29) is 24.0 Å². The van der Waals surface area contributed by atoms with E-state index in [4.69, 9.17) is 9.47 Å². The predicted octanol–water partition coefficient (Wildman–Crippen LogP) is 1.70. The molecule has 0 bridgehead atoms. The van der Waals surface area contributed by atoms with Gasteiger partial charge in [0, 0.05) is 88.8 Å². The van der Waals surface area contributed by atoms with Crippen LogP contribution < -0.4 is 25.0 Å². The molecule has 1 aromatic carbocycles. The maximum Gasteiger partial charge on any atom is 0.191 e. The highest BCUT2D eigenvalue weighted by Crippen LogP contribution is 2.30. The number of anilines is 1. The van der Waals surface area contributed by atoms with E-state index < -0.39 is 0 Å². The highest BCUT2D eigenvalue weighted by molar-refractivity contribution is 14.0. The number of likely N-dealkylation sites (N-methyl/N-ethyl adjacent to an activating group) is 1. The number of guanidine groups is 1. The van der Waals surface area contributed by atoms with E-state index in [2.05, 4.69) is 56.4 Å². The zero-order valence-corrected chi connectivity index (χ0v) is 21.9. The standard InChI is InChI=1S/C22H38N6O2.HI/c1-17(27-10-8-26(3)9-11-27)15-24-22(23-2)25-18-6-7-28(16-18)19-12-20(29-4)14-21(13-19)30-5;/h12-14,17-18H,6-11,15-16H2,1-5H3,(H2,23,24,25);1H. The van der Waals surface area contributed by atoms with Crippen LogP contribution in [0.3, 0.4) is 0 Å². The molecule has 2 fully saturated rings. The minimum absolute atomic E-state index is 0. The number of aliphatic imine (C=N–C) groups is 1. The van der Waals surface area contributed by atoms with Gasteiger partial charge in [-0.1, -0.05) is 0 Å². The molecule has 31 heavy (non-hydrogen) atoms. The lowest BCUT2D eigenvalue weighted by Crippen LogP contribution is -2.53. The molecule has 0 radical (unpaired) electrons. The molecule has 176 valence electrons. The summed E-state index contributed by atoms with van der Waals surface area (Å²) in [6.45, 7) is 9.65. The number of benzene rings is 1. The second kappa shape index (κ2) is 12.5. The lowest BCUT2D eigenvalue weighted by atomic mass is 10.2. The monoisotopic (exact) mass is 546 g/mol. The molecule has 0 saturated carbocycles. The summed E-state index contributed by atoms with van der Waals surface area (Å²) in [5.74, 6) is 2.51. The lowest BCUT2D eigenvalue weighted by molar-refractivity contribution is 0.120. The summed E-state index contributed by atoms with van der Waals surface area (Å²) in [7, 11) is 7.41. The van der Waals surface area contributed by atoms with Crippen molar-refractivity contribution in [3.8, 4) is 11.5 Å². The number of nitrogens with zero attached hydrogens (tertiary/aromatic N) is 4. The number of halogens is 1. The van der Waals surface area contributed by atoms with Crippen molar-refractivity contribution in [1.82, 2.24) is 20.4 Å². The molecule has 2 atom stereocenters. The normalized spacial score (nSPS) is 21.4. The first-order valence-electron chi connectivity index (χ1n) is 10.9. The maximum atomic E-state index is 5.42. The van der Waals surface area contributed by atoms with Crippen LogP contribution in [0.4, 0.5) is 5.69 Å². The van der Waals surface area contributed by atoms with Crippen molar-refractivity contribution >= 4 is 35.6 Å². The SMILES string of the molecule is CN=C(NCC(C)N1CCN(C)CC1)NC1CCN(c2cc(OC)cc(OC)c2)C1.I. The van der Waals surface area contributed by atoms with Crippen LogP contribution in [0.2, 0.25) is 0 Å². The first-order valence-corrected chi connectivity index (χ1v) is 10.9. The van der Waals surface area contributed by atoms with Gasteiger partial charge >= 0.3 is 0 Å². The summed E-state index contributed by atoms with van der Waals surface area (Å²) in [5.41, 5.74) is 1.13. The molecule has 2 aliphatic heterocycles. The van der Waals surface area contributed by atoms with Crippen molar-refractivity contribution in [2.75, 3.05) is 79.0 Å². The topological polar surface area (TPSA) is 64.6 Å². The van der Waals surface area contributed by atoms with Gasteiger partial charge in [0.25, 0.3) is 0 Å². The van der Waals surface area contributed by atoms with Gasteiger partial charge < -0.3 is 29.9 Å². The number of nitrogens with one attached hydrogen (secondary N) is 2. The number of rotatable bonds is 7. The average Bonchev–Trinajstić information content (AvgIpc) is 3.25. The van der Waals surface area contributed by atoms with Gasteiger partial charge in [-0.15, -0.1) is 24.0 Å². The Bertz CT molecular complexity index is 689. The summed E-state index contributed by atoms with van der Waals surface area (Å²) in [5, 5.41) is 7.12. The zero-order valence-electron chi connectivity index (χ0n) is 19.6. The third-order valence-corrected chi connectivity index (χ3v) is 6.18. The van der Waals surface area contributed by atoms with Crippen molar-refractivity contribution in [1.29, 1.82) is 0 Å². The van der Waals surface area contributed by atoms with Gasteiger partial charge in [-0.25, -0.2) is 0 Å². The highest BCUT2D eigenvalue weighted by Gasteiger charge is 2.25. The molecule has 2 N–H and O–H groups in total. The smallest absolute Gasteiger partial charge is 0.191 e. The fraction of sp³-hybridized carbons (Fsp3) is 0.682. The van der Waals surface area contributed by atoms with Crippen molar-refractivity contribution in [3.63, 3.8) is 0 Å². The molecule has 0 spiro atoms. The minimum Gasteiger partial charge on any atom is -0.497 e. The van der Waals surface area contributed by atoms with Crippen LogP contribution in [0.1, 0.15) is 13.3 Å². The highest BCUT2D eigenvalue weighted by atomic mass is 127. The number of ether oxygens (including phenoxy) is 2. The molecule has 2 aliphatic rings. The fourth-order valence-electron chi connectivity index (χ4n) is 4.11. The maximum absolute atomic E-state index is 5.42. The van der Waals surface area contributed by atoms with Gasteiger partial charge in [0.1, 0.15) is 11.5 Å². The van der Waals surface area contributed by atoms with Gasteiger partial charge in [-0.05, 0) is 20.4 Å². The van der Waals surface area contributed by atoms with Crippen LogP contribution in [-0.2, 0) is 0 Å². The molecule has 0 aliphatic carbocycles. The Hall–Kier alpha value is -1.46. The lowest BCUT2D eigenvalue weighted by Gasteiger charge is -2.36. The Morgan fingerprint density at radius 1 is 1.10 bits per heavy atom. The van der Waals surface area contributed by atoms with Gasteiger partial charge in [0.15, 0.2) is 5.96 Å². The van der Waals surface area contributed by atoms with E-state index in [1.54, 1.807) is 14.2 Å². The van der Waals surface area contributed by atoms with Crippen LogP contribution in [0.15, 0.2) is 23.2 Å². The fourth-order valence-corrected chi connectivity index (χ4v) is 4.11. The predicted molar refractivity (Wildman–Crippen MR) is 139 cm³/mol. The Labute approximate surface area is 204 Å². The molecule has 0 aromatic heterocycles. The van der Waals surface area contributed by atoms with Gasteiger partial charge in [0.2, 0.25) is 0 Å². The van der Waals surface area contributed by atoms with Crippen LogP contribution in [-0.4, -0.2) is 102 Å². The van der Waals surface area contributed by atoms with E-state index in [0.29, 0.717) is 12.1 Å². The van der Waals surface area contributed by atoms with Crippen molar-refractivity contribution < 1.29 is 9.47 Å². The average molecular weight is 546 g/mol. The third kappa shape index (κ3) is 7.28. The van der Waals surface area contributed by atoms with Gasteiger partial charge in [-0.3, -0.25) is 9.89 Å². The van der Waals surface area contributed by atoms with Crippen molar-refractivity contribution in [2.24, 2.45) is 4.99 Å². The summed E-state index contributed by atoms with van der Waals surface area (Å²) in [4.78, 5) is 11.7. The third-order valence-electron chi connectivity index (χ3n) is 6.18. The zero-order chi connectivity index (χ0) is 21.5. The van der Waals surface area contributed by atoms with Crippen LogP contribution >= 0.6 is 24.0 Å². The minimum atomic E-state index is 0. The molecule has 2 heterocycles. The summed E-state index contributed by atoms with van der Waals surface area (Å²) < 4.78 is 10.8. The van der Waals surface area contributed by atoms with E-state index in [9.17, 15) is 0 Å². The van der Waals surface area contributed by atoms with Gasteiger partial charge in [-0.2, -0.15) is 0 Å². The van der Waals surface area contributed by atoms with E-state index in [0.717, 1.165) is 75.4 Å². The molecule has 0 amide bonds. The van der Waals surface area contributed by atoms with Crippen LogP contribution in [0, 0.1) is 0 Å². The first-order chi connectivity index (χ1) is 14.5.